The van der Waals surface area contributed by atoms with Gasteiger partial charge in [-0.2, -0.15) is 0 Å². The predicted octanol–water partition coefficient (Wildman–Crippen LogP) is 4.92. The molecule has 0 radical (unpaired) electrons. The Morgan fingerprint density at radius 1 is 0.750 bits per heavy atom. The first-order valence-corrected chi connectivity index (χ1v) is 9.22. The molecular formula is C19H32O. The first kappa shape index (κ1) is 13.6. The number of fused-ring (bicyclic) bond motifs is 5. The van der Waals surface area contributed by atoms with Gasteiger partial charge in [-0.05, 0) is 86.4 Å². The lowest BCUT2D eigenvalue weighted by atomic mass is 9.44. The Hall–Kier alpha value is -0.0400. The predicted molar refractivity (Wildman–Crippen MR) is 82.4 cm³/mol. The van der Waals surface area contributed by atoms with Gasteiger partial charge in [0.15, 0.2) is 0 Å². The average Bonchev–Trinajstić information content (AvgIpc) is 2.74. The fraction of sp³-hybridized carbons (Fsp3) is 1.00. The topological polar surface area (TPSA) is 20.2 Å². The van der Waals surface area contributed by atoms with E-state index < -0.39 is 0 Å². The molecule has 4 aliphatic carbocycles. The van der Waals surface area contributed by atoms with E-state index in [2.05, 4.69) is 13.8 Å². The highest BCUT2D eigenvalue weighted by atomic mass is 16.3. The fourth-order valence-electron chi connectivity index (χ4n) is 7.25. The minimum Gasteiger partial charge on any atom is -0.389 e. The summed E-state index contributed by atoms with van der Waals surface area (Å²) in [6.45, 7) is 4.99. The molecule has 0 aromatic carbocycles. The Bertz CT molecular complexity index is 405. The third kappa shape index (κ3) is 1.54. The summed E-state index contributed by atoms with van der Waals surface area (Å²) in [5, 5.41) is 11.6. The van der Waals surface area contributed by atoms with Crippen LogP contribution < -0.4 is 0 Å². The number of aliphatic hydroxyl groups is 1. The van der Waals surface area contributed by atoms with Crippen LogP contribution in [0.4, 0.5) is 0 Å². The van der Waals surface area contributed by atoms with Gasteiger partial charge in [-0.3, -0.25) is 0 Å². The molecule has 0 amide bonds. The zero-order valence-corrected chi connectivity index (χ0v) is 13.5. The Balaban J connectivity index is 1.70. The Labute approximate surface area is 124 Å². The molecule has 114 valence electrons. The molecule has 0 bridgehead atoms. The quantitative estimate of drug-likeness (QED) is 0.665. The third-order valence-electron chi connectivity index (χ3n) is 8.56. The lowest BCUT2D eigenvalue weighted by molar-refractivity contribution is -0.197. The normalized spacial score (nSPS) is 58.6. The van der Waals surface area contributed by atoms with E-state index in [4.69, 9.17) is 0 Å². The van der Waals surface area contributed by atoms with Gasteiger partial charge in [0.2, 0.25) is 0 Å². The maximum atomic E-state index is 11.6. The molecule has 0 aromatic rings. The minimum absolute atomic E-state index is 0.242. The van der Waals surface area contributed by atoms with Crippen LogP contribution in [-0.4, -0.2) is 10.7 Å². The van der Waals surface area contributed by atoms with Gasteiger partial charge in [0, 0.05) is 0 Å². The second-order valence-electron chi connectivity index (χ2n) is 9.12. The highest BCUT2D eigenvalue weighted by Crippen LogP contribution is 2.67. The van der Waals surface area contributed by atoms with Gasteiger partial charge in [0.05, 0.1) is 5.60 Å². The Kier molecular flexibility index (Phi) is 2.89. The summed E-state index contributed by atoms with van der Waals surface area (Å²) in [6.07, 6.45) is 14.8. The van der Waals surface area contributed by atoms with E-state index in [-0.39, 0.29) is 11.0 Å². The van der Waals surface area contributed by atoms with Crippen molar-refractivity contribution in [2.45, 2.75) is 90.1 Å². The van der Waals surface area contributed by atoms with Gasteiger partial charge in [-0.25, -0.2) is 0 Å². The maximum Gasteiger partial charge on any atom is 0.0731 e. The van der Waals surface area contributed by atoms with Crippen molar-refractivity contribution in [1.29, 1.82) is 0 Å². The molecule has 1 heteroatoms. The van der Waals surface area contributed by atoms with Crippen LogP contribution in [0.1, 0.15) is 84.5 Å². The fourth-order valence-corrected chi connectivity index (χ4v) is 7.25. The van der Waals surface area contributed by atoms with Gasteiger partial charge in [0.1, 0.15) is 0 Å². The van der Waals surface area contributed by atoms with Gasteiger partial charge in [-0.15, -0.1) is 0 Å². The highest BCUT2D eigenvalue weighted by Gasteiger charge is 2.63. The maximum absolute atomic E-state index is 11.6. The van der Waals surface area contributed by atoms with Crippen LogP contribution in [0.25, 0.3) is 0 Å². The number of hydrogen-bond acceptors (Lipinski definition) is 1. The van der Waals surface area contributed by atoms with Crippen LogP contribution >= 0.6 is 0 Å². The molecule has 20 heavy (non-hydrogen) atoms. The summed E-state index contributed by atoms with van der Waals surface area (Å²) in [5.41, 5.74) is 0.480. The van der Waals surface area contributed by atoms with Crippen molar-refractivity contribution in [2.24, 2.45) is 28.6 Å². The zero-order valence-electron chi connectivity index (χ0n) is 13.5. The molecular weight excluding hydrogens is 244 g/mol. The molecule has 0 aromatic heterocycles. The zero-order chi connectivity index (χ0) is 14.0. The molecule has 6 atom stereocenters. The van der Waals surface area contributed by atoms with Crippen LogP contribution in [-0.2, 0) is 0 Å². The minimum atomic E-state index is -0.318. The molecule has 1 nitrogen and oxygen atoms in total. The van der Waals surface area contributed by atoms with E-state index in [1.54, 1.807) is 0 Å². The lowest BCUT2D eigenvalue weighted by Gasteiger charge is -2.62. The van der Waals surface area contributed by atoms with E-state index in [0.29, 0.717) is 11.3 Å². The van der Waals surface area contributed by atoms with Crippen LogP contribution in [0.2, 0.25) is 0 Å². The number of hydrogen-bond donors (Lipinski definition) is 1. The van der Waals surface area contributed by atoms with Crippen molar-refractivity contribution in [1.82, 2.24) is 0 Å². The van der Waals surface area contributed by atoms with Crippen molar-refractivity contribution < 1.29 is 5.11 Å². The third-order valence-corrected chi connectivity index (χ3v) is 8.56. The van der Waals surface area contributed by atoms with Crippen molar-refractivity contribution >= 4 is 0 Å². The largest absolute Gasteiger partial charge is 0.389 e. The molecule has 4 rings (SSSR count). The molecule has 0 saturated heterocycles. The summed E-state index contributed by atoms with van der Waals surface area (Å²) in [7, 11) is 0. The monoisotopic (exact) mass is 276 g/mol. The number of rotatable bonds is 0. The van der Waals surface area contributed by atoms with Crippen molar-refractivity contribution in [2.75, 3.05) is 0 Å². The van der Waals surface area contributed by atoms with Crippen LogP contribution in [0, 0.1) is 28.6 Å². The van der Waals surface area contributed by atoms with Crippen LogP contribution in [0.5, 0.6) is 0 Å². The second kappa shape index (κ2) is 4.24. The molecule has 4 aliphatic rings. The lowest BCUT2D eigenvalue weighted by Crippen LogP contribution is -2.60. The van der Waals surface area contributed by atoms with Gasteiger partial charge in [0.25, 0.3) is 0 Å². The molecule has 4 saturated carbocycles. The molecule has 1 N–H and O–H groups in total. The summed E-state index contributed by atoms with van der Waals surface area (Å²) >= 11 is 0. The first-order valence-electron chi connectivity index (χ1n) is 9.22. The smallest absolute Gasteiger partial charge is 0.0731 e. The van der Waals surface area contributed by atoms with Gasteiger partial charge in [-0.1, -0.05) is 26.7 Å². The summed E-state index contributed by atoms with van der Waals surface area (Å²) < 4.78 is 0. The summed E-state index contributed by atoms with van der Waals surface area (Å²) in [5.74, 6) is 2.40. The van der Waals surface area contributed by atoms with Crippen molar-refractivity contribution in [3.05, 3.63) is 0 Å². The van der Waals surface area contributed by atoms with Gasteiger partial charge >= 0.3 is 0 Å². The second-order valence-corrected chi connectivity index (χ2v) is 9.12. The van der Waals surface area contributed by atoms with Crippen molar-refractivity contribution in [3.63, 3.8) is 0 Å². The SMILES string of the molecule is C[C@@]12CCCC1(O)[C@@H]1CCC3CCCC[C@]3(C)[C@H]1CC2. The van der Waals surface area contributed by atoms with E-state index in [1.807, 2.05) is 0 Å². The Morgan fingerprint density at radius 3 is 2.45 bits per heavy atom. The van der Waals surface area contributed by atoms with E-state index in [1.165, 1.54) is 64.2 Å². The van der Waals surface area contributed by atoms with Crippen LogP contribution in [0.3, 0.4) is 0 Å². The molecule has 0 aliphatic heterocycles. The summed E-state index contributed by atoms with van der Waals surface area (Å²) in [6, 6.07) is 0. The average molecular weight is 276 g/mol. The molecule has 4 fully saturated rings. The molecule has 0 heterocycles. The molecule has 2 unspecified atom stereocenters. The van der Waals surface area contributed by atoms with E-state index in [0.717, 1.165) is 18.3 Å². The van der Waals surface area contributed by atoms with Gasteiger partial charge < -0.3 is 5.11 Å². The standard InChI is InChI=1S/C19H32O/c1-17-10-5-12-19(17,20)16-8-7-14-6-3-4-11-18(14,2)15(16)9-13-17/h14-16,20H,3-13H2,1-2H3/t14?,15-,16+,17-,18-,19?/m0/s1. The van der Waals surface area contributed by atoms with Crippen molar-refractivity contribution in [3.8, 4) is 0 Å². The first-order chi connectivity index (χ1) is 9.50. The highest BCUT2D eigenvalue weighted by molar-refractivity contribution is 5.14. The van der Waals surface area contributed by atoms with E-state index >= 15 is 0 Å². The molecule has 0 spiro atoms. The van der Waals surface area contributed by atoms with E-state index in [9.17, 15) is 5.11 Å². The Morgan fingerprint density at radius 2 is 1.60 bits per heavy atom. The summed E-state index contributed by atoms with van der Waals surface area (Å²) in [4.78, 5) is 0. The van der Waals surface area contributed by atoms with Crippen LogP contribution in [0.15, 0.2) is 0 Å².